The van der Waals surface area contributed by atoms with Crippen LogP contribution in [0.4, 0.5) is 11.5 Å². The van der Waals surface area contributed by atoms with Gasteiger partial charge >= 0.3 is 6.01 Å². The van der Waals surface area contributed by atoms with Gasteiger partial charge in [-0.2, -0.15) is 4.98 Å². The lowest BCUT2D eigenvalue weighted by Crippen LogP contribution is -2.04. The monoisotopic (exact) mass is 182 g/mol. The molecule has 0 bridgehead atoms. The van der Waals surface area contributed by atoms with Gasteiger partial charge in [0.25, 0.3) is 0 Å². The summed E-state index contributed by atoms with van der Waals surface area (Å²) in [7, 11) is 0. The molecule has 0 aromatic carbocycles. The average Bonchev–Trinajstić information content (AvgIpc) is 2.12. The van der Waals surface area contributed by atoms with Crippen molar-refractivity contribution in [2.24, 2.45) is 0 Å². The SMILES string of the molecule is CCCCOc1ncc(N)c(N)n1. The summed E-state index contributed by atoms with van der Waals surface area (Å²) in [6, 6.07) is 0.292. The van der Waals surface area contributed by atoms with Crippen molar-refractivity contribution in [1.29, 1.82) is 0 Å². The Hall–Kier alpha value is -1.52. The van der Waals surface area contributed by atoms with E-state index in [1.54, 1.807) is 0 Å². The molecule has 0 saturated heterocycles. The third kappa shape index (κ3) is 2.77. The first kappa shape index (κ1) is 9.57. The van der Waals surface area contributed by atoms with Crippen LogP contribution in [0.2, 0.25) is 0 Å². The lowest BCUT2D eigenvalue weighted by atomic mass is 10.4. The van der Waals surface area contributed by atoms with E-state index in [0.717, 1.165) is 12.8 Å². The Morgan fingerprint density at radius 3 is 2.85 bits per heavy atom. The molecule has 1 aromatic rings. The highest BCUT2D eigenvalue weighted by molar-refractivity contribution is 5.56. The lowest BCUT2D eigenvalue weighted by Gasteiger charge is -2.04. The molecular weight excluding hydrogens is 168 g/mol. The van der Waals surface area contributed by atoms with E-state index in [9.17, 15) is 0 Å². The third-order valence-electron chi connectivity index (χ3n) is 1.55. The summed E-state index contributed by atoms with van der Waals surface area (Å²) in [5, 5.41) is 0. The molecule has 5 nitrogen and oxygen atoms in total. The number of anilines is 2. The van der Waals surface area contributed by atoms with Crippen LogP contribution in [0.15, 0.2) is 6.20 Å². The molecule has 5 heteroatoms. The Kier molecular flexibility index (Phi) is 3.31. The van der Waals surface area contributed by atoms with Crippen molar-refractivity contribution in [3.63, 3.8) is 0 Å². The summed E-state index contributed by atoms with van der Waals surface area (Å²) in [5.74, 6) is 0.265. The first-order valence-electron chi connectivity index (χ1n) is 4.24. The number of hydrogen-bond acceptors (Lipinski definition) is 5. The van der Waals surface area contributed by atoms with E-state index in [0.29, 0.717) is 18.3 Å². The van der Waals surface area contributed by atoms with Crippen molar-refractivity contribution in [2.45, 2.75) is 19.8 Å². The molecule has 0 fully saturated rings. The van der Waals surface area contributed by atoms with Crippen LogP contribution in [0, 0.1) is 0 Å². The first-order chi connectivity index (χ1) is 6.24. The van der Waals surface area contributed by atoms with Gasteiger partial charge in [0.15, 0.2) is 5.82 Å². The highest BCUT2D eigenvalue weighted by atomic mass is 16.5. The molecule has 0 spiro atoms. The molecular formula is C8H14N4O. The van der Waals surface area contributed by atoms with Gasteiger partial charge in [0, 0.05) is 0 Å². The van der Waals surface area contributed by atoms with Crippen LogP contribution in [-0.4, -0.2) is 16.6 Å². The normalized spacial score (nSPS) is 9.92. The van der Waals surface area contributed by atoms with Gasteiger partial charge in [0.2, 0.25) is 0 Å². The van der Waals surface area contributed by atoms with Gasteiger partial charge in [0.1, 0.15) is 0 Å². The van der Waals surface area contributed by atoms with E-state index < -0.39 is 0 Å². The second-order valence-electron chi connectivity index (χ2n) is 2.70. The largest absolute Gasteiger partial charge is 0.463 e. The molecule has 0 atom stereocenters. The van der Waals surface area contributed by atoms with E-state index in [1.165, 1.54) is 6.20 Å². The summed E-state index contributed by atoms with van der Waals surface area (Å²) >= 11 is 0. The molecule has 1 heterocycles. The Bertz CT molecular complexity index is 277. The zero-order chi connectivity index (χ0) is 9.68. The summed E-state index contributed by atoms with van der Waals surface area (Å²) in [4.78, 5) is 7.74. The predicted octanol–water partition coefficient (Wildman–Crippen LogP) is 0.820. The molecule has 1 aromatic heterocycles. The number of nitrogens with zero attached hydrogens (tertiary/aromatic N) is 2. The van der Waals surface area contributed by atoms with E-state index in [1.807, 2.05) is 0 Å². The van der Waals surface area contributed by atoms with E-state index in [-0.39, 0.29) is 5.82 Å². The molecule has 4 N–H and O–H groups in total. The van der Waals surface area contributed by atoms with E-state index in [2.05, 4.69) is 16.9 Å². The maximum atomic E-state index is 5.47. The number of unbranched alkanes of at least 4 members (excludes halogenated alkanes) is 1. The summed E-state index contributed by atoms with van der Waals surface area (Å²) in [5.41, 5.74) is 11.3. The van der Waals surface area contributed by atoms with Gasteiger partial charge in [-0.3, -0.25) is 0 Å². The summed E-state index contributed by atoms with van der Waals surface area (Å²) in [6.07, 6.45) is 3.50. The van der Waals surface area contributed by atoms with Crippen LogP contribution in [0.5, 0.6) is 6.01 Å². The Morgan fingerprint density at radius 1 is 1.46 bits per heavy atom. The molecule has 72 valence electrons. The minimum absolute atomic E-state index is 0.265. The number of nitrogens with two attached hydrogens (primary N) is 2. The second kappa shape index (κ2) is 4.49. The zero-order valence-electron chi connectivity index (χ0n) is 7.66. The molecule has 1 rings (SSSR count). The molecule has 0 saturated carbocycles. The third-order valence-corrected chi connectivity index (χ3v) is 1.55. The number of aromatic nitrogens is 2. The minimum atomic E-state index is 0.265. The van der Waals surface area contributed by atoms with Gasteiger partial charge in [-0.1, -0.05) is 13.3 Å². The Balaban J connectivity index is 2.53. The van der Waals surface area contributed by atoms with Crippen molar-refractivity contribution < 1.29 is 4.74 Å². The first-order valence-corrected chi connectivity index (χ1v) is 4.24. The van der Waals surface area contributed by atoms with Crippen molar-refractivity contribution >= 4 is 11.5 Å². The molecule has 0 amide bonds. The van der Waals surface area contributed by atoms with Crippen LogP contribution in [0.1, 0.15) is 19.8 Å². The van der Waals surface area contributed by atoms with Crippen LogP contribution < -0.4 is 16.2 Å². The van der Waals surface area contributed by atoms with E-state index in [4.69, 9.17) is 16.2 Å². The van der Waals surface area contributed by atoms with Gasteiger partial charge in [0.05, 0.1) is 18.5 Å². The quantitative estimate of drug-likeness (QED) is 0.673. The van der Waals surface area contributed by atoms with Crippen LogP contribution in [0.25, 0.3) is 0 Å². The summed E-state index contributed by atoms with van der Waals surface area (Å²) in [6.45, 7) is 2.70. The zero-order valence-corrected chi connectivity index (χ0v) is 7.66. The smallest absolute Gasteiger partial charge is 0.318 e. The number of ether oxygens (including phenoxy) is 1. The predicted molar refractivity (Wildman–Crippen MR) is 51.3 cm³/mol. The molecule has 0 radical (unpaired) electrons. The van der Waals surface area contributed by atoms with Crippen LogP contribution in [-0.2, 0) is 0 Å². The van der Waals surface area contributed by atoms with Gasteiger partial charge in [-0.25, -0.2) is 4.98 Å². The van der Waals surface area contributed by atoms with Crippen molar-refractivity contribution in [2.75, 3.05) is 18.1 Å². The molecule has 0 aliphatic carbocycles. The maximum absolute atomic E-state index is 5.47. The topological polar surface area (TPSA) is 87.0 Å². The lowest BCUT2D eigenvalue weighted by molar-refractivity contribution is 0.286. The van der Waals surface area contributed by atoms with Crippen LogP contribution >= 0.6 is 0 Å². The second-order valence-corrected chi connectivity index (χ2v) is 2.70. The fourth-order valence-corrected chi connectivity index (χ4v) is 0.765. The Morgan fingerprint density at radius 2 is 2.23 bits per heavy atom. The van der Waals surface area contributed by atoms with Gasteiger partial charge < -0.3 is 16.2 Å². The van der Waals surface area contributed by atoms with Crippen molar-refractivity contribution in [3.05, 3.63) is 6.20 Å². The summed E-state index contributed by atoms with van der Waals surface area (Å²) < 4.78 is 5.22. The average molecular weight is 182 g/mol. The highest BCUT2D eigenvalue weighted by Gasteiger charge is 2.00. The van der Waals surface area contributed by atoms with Crippen LogP contribution in [0.3, 0.4) is 0 Å². The number of rotatable bonds is 4. The van der Waals surface area contributed by atoms with Gasteiger partial charge in [-0.15, -0.1) is 0 Å². The molecule has 0 aliphatic rings. The van der Waals surface area contributed by atoms with E-state index >= 15 is 0 Å². The van der Waals surface area contributed by atoms with Gasteiger partial charge in [-0.05, 0) is 6.42 Å². The van der Waals surface area contributed by atoms with Crippen molar-refractivity contribution in [3.8, 4) is 6.01 Å². The number of nitrogen functional groups attached to an aromatic ring is 2. The molecule has 0 aliphatic heterocycles. The standard InChI is InChI=1S/C8H14N4O/c1-2-3-4-13-8-11-5-6(9)7(10)12-8/h5H,2-4,9H2,1H3,(H2,10,11,12). The number of hydrogen-bond donors (Lipinski definition) is 2. The maximum Gasteiger partial charge on any atom is 0.318 e. The van der Waals surface area contributed by atoms with Crippen molar-refractivity contribution in [1.82, 2.24) is 9.97 Å². The highest BCUT2D eigenvalue weighted by Crippen LogP contribution is 2.12. The fourth-order valence-electron chi connectivity index (χ4n) is 0.765. The minimum Gasteiger partial charge on any atom is -0.463 e. The fraction of sp³-hybridized carbons (Fsp3) is 0.500. The molecule has 13 heavy (non-hydrogen) atoms. The molecule has 0 unspecified atom stereocenters. The Labute approximate surface area is 77.1 Å².